The van der Waals surface area contributed by atoms with E-state index in [-0.39, 0.29) is 34.7 Å². The van der Waals surface area contributed by atoms with E-state index < -0.39 is 0 Å². The number of hydrogen-bond donors (Lipinski definition) is 1. The highest BCUT2D eigenvalue weighted by Crippen LogP contribution is 2.26. The molecule has 0 spiro atoms. The van der Waals surface area contributed by atoms with Crippen LogP contribution in [0.3, 0.4) is 0 Å². The number of nitrogens with zero attached hydrogens (tertiary/aromatic N) is 1. The van der Waals surface area contributed by atoms with E-state index in [4.69, 9.17) is 11.6 Å². The largest absolute Gasteiger partial charge is 1.00 e. The van der Waals surface area contributed by atoms with Crippen molar-refractivity contribution in [1.29, 1.82) is 0 Å². The summed E-state index contributed by atoms with van der Waals surface area (Å²) in [5.41, 5.74) is 1.01. The molecule has 6 heteroatoms. The number of carbonyl (C=O) groups is 2. The zero-order valence-electron chi connectivity index (χ0n) is 12.0. The van der Waals surface area contributed by atoms with E-state index in [1.165, 1.54) is 0 Å². The maximum atomic E-state index is 12.3. The summed E-state index contributed by atoms with van der Waals surface area (Å²) in [6.45, 7) is 1.50. The quantitative estimate of drug-likeness (QED) is 0.560. The van der Waals surface area contributed by atoms with Crippen molar-refractivity contribution in [2.75, 3.05) is 27.2 Å². The molecule has 0 saturated heterocycles. The highest BCUT2D eigenvalue weighted by Gasteiger charge is 2.39. The van der Waals surface area contributed by atoms with E-state index in [9.17, 15) is 9.59 Å². The number of ketones is 2. The lowest BCUT2D eigenvalue weighted by atomic mass is 9.92. The van der Waals surface area contributed by atoms with Gasteiger partial charge in [0.2, 0.25) is 10.6 Å². The van der Waals surface area contributed by atoms with E-state index in [1.807, 2.05) is 14.1 Å². The first-order valence-corrected chi connectivity index (χ1v) is 6.87. The van der Waals surface area contributed by atoms with E-state index in [1.54, 1.807) is 24.3 Å². The summed E-state index contributed by atoms with van der Waals surface area (Å²) in [6.07, 6.45) is 0.865. The number of benzene rings is 1. The molecule has 0 unspecified atom stereocenters. The van der Waals surface area contributed by atoms with Crippen LogP contribution in [-0.4, -0.2) is 43.7 Å². The Kier molecular flexibility index (Phi) is 6.40. The molecule has 1 N–H and O–H groups in total. The van der Waals surface area contributed by atoms with Gasteiger partial charge in [0.05, 0.1) is 0 Å². The maximum absolute atomic E-state index is 12.3. The molecule has 0 aliphatic heterocycles. The van der Waals surface area contributed by atoms with Gasteiger partial charge in [-0.05, 0) is 33.1 Å². The van der Waals surface area contributed by atoms with Gasteiger partial charge in [-0.25, -0.2) is 0 Å². The third-order valence-corrected chi connectivity index (χ3v) is 3.51. The van der Waals surface area contributed by atoms with E-state index in [0.29, 0.717) is 17.7 Å². The monoisotopic (exact) mass is 327 g/mol. The fourth-order valence-corrected chi connectivity index (χ4v) is 2.37. The molecule has 0 heterocycles. The molecule has 1 aliphatic carbocycles. The highest BCUT2D eigenvalue weighted by atomic mass is 35.5. The summed E-state index contributed by atoms with van der Waals surface area (Å²) in [5, 5.41) is 2.98. The average molecular weight is 328 g/mol. The molecular weight excluding hydrogens is 311 g/mol. The van der Waals surface area contributed by atoms with Crippen molar-refractivity contribution >= 4 is 23.2 Å². The van der Waals surface area contributed by atoms with Crippen molar-refractivity contribution in [3.05, 3.63) is 46.1 Å². The van der Waals surface area contributed by atoms with Crippen molar-refractivity contribution in [3.63, 3.8) is 0 Å². The normalized spacial score (nSPS) is 14.1. The van der Waals surface area contributed by atoms with Crippen LogP contribution in [0.15, 0.2) is 35.0 Å². The lowest BCUT2D eigenvalue weighted by molar-refractivity contribution is -0.0000181. The van der Waals surface area contributed by atoms with Crippen LogP contribution in [0.4, 0.5) is 0 Å². The summed E-state index contributed by atoms with van der Waals surface area (Å²) < 4.78 is 0. The van der Waals surface area contributed by atoms with Crippen molar-refractivity contribution in [2.45, 2.75) is 6.42 Å². The number of rotatable bonds is 5. The van der Waals surface area contributed by atoms with Gasteiger partial charge in [-0.15, -0.1) is 0 Å². The minimum Gasteiger partial charge on any atom is -1.00 e. The smallest absolute Gasteiger partial charge is 0.523 e. The molecule has 0 aromatic heterocycles. The third kappa shape index (κ3) is 3.84. The molecule has 1 radical (unpaired) electrons. The predicted octanol–water partition coefficient (Wildman–Crippen LogP) is -0.939. The number of hydrogen-bond acceptors (Lipinski definition) is 4. The Labute approximate surface area is 135 Å². The zero-order chi connectivity index (χ0) is 14.7. The second-order valence-electron chi connectivity index (χ2n) is 4.98. The first-order chi connectivity index (χ1) is 9.52. The average Bonchev–Trinajstić information content (AvgIpc) is 2.44. The Hall–Kier alpha value is -1.36. The molecule has 4 nitrogen and oxygen atoms in total. The molecule has 113 valence electrons. The standard InChI is InChI=1S/C15H17ClN2O2.ClH/c1-18(2)9-5-8-17-13-12(16)14(19)10-6-3-4-7-11(10)15(13)20;/h3-4,6-7,17H,5,8-9H2,1-2H3;1H/q+1;/p-1. The van der Waals surface area contributed by atoms with Gasteiger partial charge in [-0.3, -0.25) is 4.79 Å². The molecule has 0 fully saturated rings. The fourth-order valence-electron chi connectivity index (χ4n) is 2.11. The van der Waals surface area contributed by atoms with Crippen LogP contribution >= 0.6 is 11.6 Å². The Morgan fingerprint density at radius 1 is 1.24 bits per heavy atom. The van der Waals surface area contributed by atoms with Gasteiger partial charge in [0.25, 0.3) is 0 Å². The minimum absolute atomic E-state index is 0. The number of halogens is 2. The van der Waals surface area contributed by atoms with Crippen LogP contribution in [0.5, 0.6) is 0 Å². The molecule has 1 aliphatic rings. The summed E-state index contributed by atoms with van der Waals surface area (Å²) in [5.74, 6) is -0.507. The van der Waals surface area contributed by atoms with E-state index in [2.05, 4.69) is 10.2 Å². The van der Waals surface area contributed by atoms with Crippen molar-refractivity contribution in [2.24, 2.45) is 0 Å². The molecule has 0 atom stereocenters. The van der Waals surface area contributed by atoms with Gasteiger partial charge < -0.3 is 22.6 Å². The topological polar surface area (TPSA) is 52.2 Å². The predicted molar refractivity (Wildman–Crippen MR) is 79.2 cm³/mol. The summed E-state index contributed by atoms with van der Waals surface area (Å²) in [6, 6.07) is 6.75. The lowest BCUT2D eigenvalue weighted by Crippen LogP contribution is -3.00. The maximum Gasteiger partial charge on any atom is 0.523 e. The molecule has 21 heavy (non-hydrogen) atoms. The van der Waals surface area contributed by atoms with Gasteiger partial charge >= 0.3 is 5.78 Å². The molecule has 2 rings (SSSR count). The Morgan fingerprint density at radius 2 is 1.86 bits per heavy atom. The van der Waals surface area contributed by atoms with Gasteiger partial charge in [-0.2, -0.15) is 0 Å². The first-order valence-electron chi connectivity index (χ1n) is 6.49. The van der Waals surface area contributed by atoms with Gasteiger partial charge in [0.1, 0.15) is 10.6 Å². The van der Waals surface area contributed by atoms with E-state index in [0.717, 1.165) is 13.0 Å². The fraction of sp³-hybridized carbons (Fsp3) is 0.333. The molecular formula is C15H17Cl2N2O2. The molecule has 0 amide bonds. The number of Topliss-reactive ketones (excluding diaryl/α,β-unsaturated/α-hetero) is 2. The van der Waals surface area contributed by atoms with Crippen LogP contribution in [0, 0.1) is 0 Å². The SMILES string of the molecule is CN(C)CCCNC1=C(Cl)C(=O)c2ccccc2C1=[O+].[Cl-]. The van der Waals surface area contributed by atoms with Crippen LogP contribution in [0.25, 0.3) is 0 Å². The molecule has 1 aromatic rings. The Morgan fingerprint density at radius 3 is 2.48 bits per heavy atom. The van der Waals surface area contributed by atoms with Crippen molar-refractivity contribution < 1.29 is 22.0 Å². The summed E-state index contributed by atoms with van der Waals surface area (Å²) in [4.78, 5) is 26.5. The first kappa shape index (κ1) is 17.7. The molecule has 1 aromatic carbocycles. The Balaban J connectivity index is 0.00000220. The van der Waals surface area contributed by atoms with Crippen molar-refractivity contribution in [3.8, 4) is 0 Å². The van der Waals surface area contributed by atoms with Crippen LogP contribution in [0.2, 0.25) is 0 Å². The van der Waals surface area contributed by atoms with Gasteiger partial charge in [-0.1, -0.05) is 29.8 Å². The minimum atomic E-state index is -0.294. The number of nitrogens with one attached hydrogen (secondary N) is 1. The van der Waals surface area contributed by atoms with Crippen LogP contribution in [-0.2, 0) is 0 Å². The third-order valence-electron chi connectivity index (χ3n) is 3.15. The molecule has 0 saturated carbocycles. The summed E-state index contributed by atoms with van der Waals surface area (Å²) >= 11 is 6.03. The Bertz CT molecular complexity index is 583. The highest BCUT2D eigenvalue weighted by molar-refractivity contribution is 6.49. The number of allylic oxidation sites excluding steroid dienone is 2. The summed E-state index contributed by atoms with van der Waals surface area (Å²) in [7, 11) is 3.97. The van der Waals surface area contributed by atoms with Crippen molar-refractivity contribution in [1.82, 2.24) is 10.2 Å². The number of carbonyl (C=O) groups excluding carboxylic acids is 2. The lowest BCUT2D eigenvalue weighted by Gasteiger charge is -2.14. The van der Waals surface area contributed by atoms with Crippen LogP contribution in [0.1, 0.15) is 27.1 Å². The van der Waals surface area contributed by atoms with E-state index >= 15 is 0 Å². The number of fused-ring (bicyclic) bond motifs is 1. The molecule has 0 bridgehead atoms. The van der Waals surface area contributed by atoms with Crippen LogP contribution < -0.4 is 17.7 Å². The van der Waals surface area contributed by atoms with Gasteiger partial charge in [0, 0.05) is 12.1 Å². The van der Waals surface area contributed by atoms with Gasteiger partial charge in [0.15, 0.2) is 5.70 Å². The second-order valence-corrected chi connectivity index (χ2v) is 5.35. The zero-order valence-corrected chi connectivity index (χ0v) is 13.5. The second kappa shape index (κ2) is 7.59.